The molecule has 108 valence electrons. The number of piperidine rings is 1. The summed E-state index contributed by atoms with van der Waals surface area (Å²) in [5, 5.41) is 0. The van der Waals surface area contributed by atoms with Crippen molar-refractivity contribution in [2.45, 2.75) is 64.2 Å². The van der Waals surface area contributed by atoms with E-state index in [0.29, 0.717) is 24.9 Å². The van der Waals surface area contributed by atoms with Crippen LogP contribution in [0, 0.1) is 0 Å². The molecule has 0 spiro atoms. The first kappa shape index (κ1) is 16.2. The van der Waals surface area contributed by atoms with E-state index in [-0.39, 0.29) is 11.8 Å². The summed E-state index contributed by atoms with van der Waals surface area (Å²) in [5.74, 6) is 0.00350. The van der Waals surface area contributed by atoms with Gasteiger partial charge < -0.3 is 0 Å². The summed E-state index contributed by atoms with van der Waals surface area (Å²) in [4.78, 5) is 24.7. The van der Waals surface area contributed by atoms with Gasteiger partial charge >= 0.3 is 0 Å². The maximum absolute atomic E-state index is 11.6. The molecule has 1 fully saturated rings. The van der Waals surface area contributed by atoms with Crippen molar-refractivity contribution in [1.82, 2.24) is 4.90 Å². The lowest BCUT2D eigenvalue weighted by molar-refractivity contribution is -0.147. The number of carbonyl (C=O) groups is 2. The molecule has 0 aromatic rings. The van der Waals surface area contributed by atoms with Crippen LogP contribution in [0.25, 0.3) is 0 Å². The molecular weight excluding hydrogens is 254 g/mol. The molecule has 0 radical (unpaired) electrons. The largest absolute Gasteiger partial charge is 0.282 e. The number of amides is 2. The zero-order valence-electron chi connectivity index (χ0n) is 12.7. The van der Waals surface area contributed by atoms with Gasteiger partial charge in [0.15, 0.2) is 0 Å². The summed E-state index contributed by atoms with van der Waals surface area (Å²) in [6.45, 7) is 9.91. The molecule has 1 aliphatic heterocycles. The highest BCUT2D eigenvalue weighted by Crippen LogP contribution is 2.26. The summed E-state index contributed by atoms with van der Waals surface area (Å²) in [6, 6.07) is 0. The Balaban J connectivity index is 2.44. The number of rotatable bonds is 6. The lowest BCUT2D eigenvalue weighted by Crippen LogP contribution is -2.40. The normalized spacial score (nSPS) is 19.3. The van der Waals surface area contributed by atoms with E-state index < -0.39 is 8.07 Å². The van der Waals surface area contributed by atoms with E-state index in [1.807, 2.05) is 0 Å². The molecule has 1 atom stereocenters. The Hall–Kier alpha value is -0.903. The summed E-state index contributed by atoms with van der Waals surface area (Å²) < 4.78 is 0. The first-order valence-electron chi connectivity index (χ1n) is 7.36. The minimum Gasteiger partial charge on any atom is -0.282 e. The molecule has 19 heavy (non-hydrogen) atoms. The molecule has 0 aliphatic carbocycles. The number of allylic oxidation sites excluding steroid dienone is 1. The molecule has 1 heterocycles. The highest BCUT2D eigenvalue weighted by Gasteiger charge is 2.25. The van der Waals surface area contributed by atoms with Gasteiger partial charge in [0.1, 0.15) is 0 Å². The average Bonchev–Trinajstić information content (AvgIpc) is 2.30. The third-order valence-electron chi connectivity index (χ3n) is 3.82. The van der Waals surface area contributed by atoms with Gasteiger partial charge in [-0.05, 0) is 18.4 Å². The highest BCUT2D eigenvalue weighted by molar-refractivity contribution is 6.78. The number of hydrogen-bond donors (Lipinski definition) is 0. The monoisotopic (exact) mass is 281 g/mol. The molecule has 2 amide bonds. The van der Waals surface area contributed by atoms with Gasteiger partial charge in [0.25, 0.3) is 0 Å². The van der Waals surface area contributed by atoms with Crippen LogP contribution in [0.4, 0.5) is 0 Å². The number of nitrogens with zero attached hydrogens (tertiary/aromatic N) is 1. The van der Waals surface area contributed by atoms with E-state index in [1.54, 1.807) is 0 Å². The van der Waals surface area contributed by atoms with Crippen molar-refractivity contribution in [3.05, 3.63) is 12.2 Å². The van der Waals surface area contributed by atoms with Gasteiger partial charge in [-0.25, -0.2) is 0 Å². The van der Waals surface area contributed by atoms with Crippen molar-refractivity contribution in [3.8, 4) is 0 Å². The Morgan fingerprint density at radius 2 is 1.79 bits per heavy atom. The van der Waals surface area contributed by atoms with Crippen molar-refractivity contribution in [3.63, 3.8) is 0 Å². The fourth-order valence-electron chi connectivity index (χ4n) is 2.55. The van der Waals surface area contributed by atoms with Gasteiger partial charge in [-0.15, -0.1) is 0 Å². The molecule has 3 nitrogen and oxygen atoms in total. The summed E-state index contributed by atoms with van der Waals surface area (Å²) in [5.41, 5.74) is 0.681. The Morgan fingerprint density at radius 1 is 1.21 bits per heavy atom. The fraction of sp³-hybridized carbons (Fsp3) is 0.733. The second kappa shape index (κ2) is 7.03. The Kier molecular flexibility index (Phi) is 5.98. The maximum Gasteiger partial charge on any atom is 0.229 e. The van der Waals surface area contributed by atoms with Crippen molar-refractivity contribution in [2.75, 3.05) is 6.54 Å². The van der Waals surface area contributed by atoms with Crippen LogP contribution in [-0.4, -0.2) is 31.3 Å². The third-order valence-corrected chi connectivity index (χ3v) is 6.65. The molecule has 1 saturated heterocycles. The molecule has 0 aromatic heterocycles. The lowest BCUT2D eigenvalue weighted by Gasteiger charge is -2.26. The molecule has 4 heteroatoms. The van der Waals surface area contributed by atoms with E-state index in [1.165, 1.54) is 11.3 Å². The maximum atomic E-state index is 11.6. The number of hydrogen-bond acceptors (Lipinski definition) is 2. The van der Waals surface area contributed by atoms with Crippen LogP contribution < -0.4 is 0 Å². The van der Waals surface area contributed by atoms with Crippen LogP contribution in [-0.2, 0) is 9.59 Å². The van der Waals surface area contributed by atoms with Crippen LogP contribution in [0.1, 0.15) is 39.0 Å². The first-order valence-corrected chi connectivity index (χ1v) is 10.9. The minimum absolute atomic E-state index is 0.00175. The van der Waals surface area contributed by atoms with Crippen LogP contribution in [0.2, 0.25) is 25.2 Å². The van der Waals surface area contributed by atoms with E-state index in [4.69, 9.17) is 0 Å². The van der Waals surface area contributed by atoms with Crippen LogP contribution in [0.5, 0.6) is 0 Å². The van der Waals surface area contributed by atoms with Crippen molar-refractivity contribution >= 4 is 19.9 Å². The first-order chi connectivity index (χ1) is 8.86. The molecular formula is C15H27NO2Si. The summed E-state index contributed by atoms with van der Waals surface area (Å²) >= 11 is 0. The molecule has 1 rings (SSSR count). The SMILES string of the molecule is CC[C@@H](/C=C/CCN1C(=O)CCCC1=O)[Si](C)(C)C. The Labute approximate surface area is 118 Å². The second-order valence-electron chi connectivity index (χ2n) is 6.39. The number of likely N-dealkylation sites (tertiary alicyclic amines) is 1. The van der Waals surface area contributed by atoms with Gasteiger partial charge in [-0.3, -0.25) is 14.5 Å². The quantitative estimate of drug-likeness (QED) is 0.424. The fourth-order valence-corrected chi connectivity index (χ4v) is 4.49. The van der Waals surface area contributed by atoms with Gasteiger partial charge in [0, 0.05) is 19.4 Å². The summed E-state index contributed by atoms with van der Waals surface area (Å²) in [7, 11) is -1.14. The minimum atomic E-state index is -1.14. The van der Waals surface area contributed by atoms with Gasteiger partial charge in [0.05, 0.1) is 8.07 Å². The zero-order valence-corrected chi connectivity index (χ0v) is 13.7. The van der Waals surface area contributed by atoms with Crippen molar-refractivity contribution in [1.29, 1.82) is 0 Å². The van der Waals surface area contributed by atoms with Gasteiger partial charge in [-0.2, -0.15) is 0 Å². The van der Waals surface area contributed by atoms with Crippen LogP contribution >= 0.6 is 0 Å². The molecule has 1 aliphatic rings. The zero-order chi connectivity index (χ0) is 14.5. The topological polar surface area (TPSA) is 37.4 Å². The van der Waals surface area contributed by atoms with Crippen molar-refractivity contribution < 1.29 is 9.59 Å². The van der Waals surface area contributed by atoms with Crippen molar-refractivity contribution in [2.24, 2.45) is 0 Å². The molecule has 0 aromatic carbocycles. The van der Waals surface area contributed by atoms with E-state index in [2.05, 4.69) is 38.7 Å². The average molecular weight is 281 g/mol. The lowest BCUT2D eigenvalue weighted by atomic mass is 10.1. The van der Waals surface area contributed by atoms with Crippen LogP contribution in [0.15, 0.2) is 12.2 Å². The third kappa shape index (κ3) is 4.94. The predicted octanol–water partition coefficient (Wildman–Crippen LogP) is 3.59. The molecule has 0 saturated carbocycles. The Morgan fingerprint density at radius 3 is 2.26 bits per heavy atom. The number of carbonyl (C=O) groups excluding carboxylic acids is 2. The van der Waals surface area contributed by atoms with E-state index >= 15 is 0 Å². The second-order valence-corrected chi connectivity index (χ2v) is 11.9. The highest BCUT2D eigenvalue weighted by atomic mass is 28.3. The molecule has 0 bridgehead atoms. The van der Waals surface area contributed by atoms with Gasteiger partial charge in [-0.1, -0.05) is 45.1 Å². The Bertz CT molecular complexity index is 342. The van der Waals surface area contributed by atoms with E-state index in [0.717, 1.165) is 12.8 Å². The van der Waals surface area contributed by atoms with Crippen LogP contribution in [0.3, 0.4) is 0 Å². The summed E-state index contributed by atoms with van der Waals surface area (Å²) in [6.07, 6.45) is 8.19. The van der Waals surface area contributed by atoms with Gasteiger partial charge in [0.2, 0.25) is 11.8 Å². The van der Waals surface area contributed by atoms with E-state index in [9.17, 15) is 9.59 Å². The smallest absolute Gasteiger partial charge is 0.229 e. The molecule has 0 unspecified atom stereocenters. The standard InChI is InChI=1S/C15H27NO2Si/c1-5-13(19(2,3)4)9-6-7-12-16-14(17)10-8-11-15(16)18/h6,9,13H,5,7-8,10-12H2,1-4H3/b9-6+/t13-/m0/s1. The predicted molar refractivity (Wildman–Crippen MR) is 81.7 cm³/mol. The molecule has 0 N–H and O–H groups in total. The number of imide groups is 1.